The van der Waals surface area contributed by atoms with Crippen LogP contribution in [0.2, 0.25) is 0 Å². The minimum atomic E-state index is 0.527. The molecule has 0 aliphatic carbocycles. The molecule has 36 heavy (non-hydrogen) atoms. The van der Waals surface area contributed by atoms with Gasteiger partial charge in [0.2, 0.25) is 0 Å². The molecule has 0 bridgehead atoms. The highest BCUT2D eigenvalue weighted by molar-refractivity contribution is 5.78. The maximum atomic E-state index is 12.1. The average Bonchev–Trinajstić information content (AvgIpc) is 2.88. The Morgan fingerprint density at radius 3 is 0.639 bits per heavy atom. The summed E-state index contributed by atoms with van der Waals surface area (Å²) in [5.41, 5.74) is 0. The first-order valence-electron chi connectivity index (χ1n) is 17.3. The smallest absolute Gasteiger partial charge is 0.132 e. The molecule has 0 radical (unpaired) electrons. The van der Waals surface area contributed by atoms with Crippen LogP contribution in [0.25, 0.3) is 0 Å². The number of hydrogen-bond donors (Lipinski definition) is 0. The van der Waals surface area contributed by atoms with Crippen LogP contribution in [-0.4, -0.2) is 5.78 Å². The molecule has 0 aromatic carbocycles. The van der Waals surface area contributed by atoms with Gasteiger partial charge in [-0.15, -0.1) is 0 Å². The summed E-state index contributed by atoms with van der Waals surface area (Å²) in [6.07, 6.45) is 43.4. The topological polar surface area (TPSA) is 17.1 Å². The largest absolute Gasteiger partial charge is 0.300 e. The Hall–Kier alpha value is -0.330. The number of carbonyl (C=O) groups is 1. The maximum absolute atomic E-state index is 12.1. The van der Waals surface area contributed by atoms with Crippen LogP contribution >= 0.6 is 0 Å². The molecule has 0 heterocycles. The summed E-state index contributed by atoms with van der Waals surface area (Å²) >= 11 is 0. The van der Waals surface area contributed by atoms with Gasteiger partial charge in [-0.25, -0.2) is 0 Å². The number of ketones is 1. The fraction of sp³-hybridized carbons (Fsp3) is 0.971. The number of carbonyl (C=O) groups excluding carboxylic acids is 1. The zero-order valence-electron chi connectivity index (χ0n) is 25.5. The Bertz CT molecular complexity index is 401. The third-order valence-electron chi connectivity index (χ3n) is 8.12. The molecule has 216 valence electrons. The van der Waals surface area contributed by atoms with Gasteiger partial charge in [0.1, 0.15) is 5.78 Å². The quantitative estimate of drug-likeness (QED) is 0.0829. The summed E-state index contributed by atoms with van der Waals surface area (Å²) in [5.74, 6) is 0.527. The minimum absolute atomic E-state index is 0.527. The van der Waals surface area contributed by atoms with Gasteiger partial charge in [0.05, 0.1) is 0 Å². The molecule has 0 amide bonds. The van der Waals surface area contributed by atoms with E-state index in [0.29, 0.717) is 5.78 Å². The van der Waals surface area contributed by atoms with Crippen molar-refractivity contribution in [3.8, 4) is 0 Å². The Morgan fingerprint density at radius 1 is 0.278 bits per heavy atom. The zero-order valence-corrected chi connectivity index (χ0v) is 25.5. The van der Waals surface area contributed by atoms with Crippen molar-refractivity contribution in [3.63, 3.8) is 0 Å². The second kappa shape index (κ2) is 32.7. The molecule has 0 saturated carbocycles. The number of Topliss-reactive ketones (excluding diaryl/α,β-unsaturated/α-hetero) is 1. The van der Waals surface area contributed by atoms with Crippen molar-refractivity contribution in [2.45, 2.75) is 219 Å². The third-order valence-corrected chi connectivity index (χ3v) is 8.12. The second-order valence-electron chi connectivity index (χ2n) is 11.9. The van der Waals surface area contributed by atoms with E-state index < -0.39 is 0 Å². The van der Waals surface area contributed by atoms with Gasteiger partial charge < -0.3 is 0 Å². The fourth-order valence-electron chi connectivity index (χ4n) is 5.51. The van der Waals surface area contributed by atoms with E-state index in [1.807, 2.05) is 0 Å². The van der Waals surface area contributed by atoms with Crippen LogP contribution in [0, 0.1) is 0 Å². The van der Waals surface area contributed by atoms with Crippen molar-refractivity contribution >= 4 is 5.78 Å². The average molecular weight is 507 g/mol. The summed E-state index contributed by atoms with van der Waals surface area (Å²) in [6, 6.07) is 0. The van der Waals surface area contributed by atoms with Crippen molar-refractivity contribution in [1.82, 2.24) is 0 Å². The lowest BCUT2D eigenvalue weighted by Crippen LogP contribution is -1.97. The van der Waals surface area contributed by atoms with E-state index in [4.69, 9.17) is 0 Å². The normalized spacial score (nSPS) is 11.4. The summed E-state index contributed by atoms with van der Waals surface area (Å²) in [6.45, 7) is 4.59. The Kier molecular flexibility index (Phi) is 32.4. The molecule has 1 heteroatoms. The first kappa shape index (κ1) is 35.7. The standard InChI is InChI=1S/C35H70O/c1-3-5-7-9-11-13-15-17-19-20-22-24-26-28-30-32-34-35(36)33-31-29-27-25-23-21-18-16-14-12-10-8-6-4-2/h3-34H2,1-2H3. The summed E-state index contributed by atoms with van der Waals surface area (Å²) in [4.78, 5) is 12.1. The van der Waals surface area contributed by atoms with Crippen molar-refractivity contribution in [1.29, 1.82) is 0 Å². The Balaban J connectivity index is 3.14. The van der Waals surface area contributed by atoms with E-state index in [2.05, 4.69) is 13.8 Å². The highest BCUT2D eigenvalue weighted by atomic mass is 16.1. The van der Waals surface area contributed by atoms with Crippen LogP contribution in [-0.2, 0) is 4.79 Å². The van der Waals surface area contributed by atoms with Crippen LogP contribution in [0.3, 0.4) is 0 Å². The van der Waals surface area contributed by atoms with E-state index in [0.717, 1.165) is 25.7 Å². The van der Waals surface area contributed by atoms with E-state index >= 15 is 0 Å². The molecular weight excluding hydrogens is 436 g/mol. The van der Waals surface area contributed by atoms with Crippen LogP contribution in [0.4, 0.5) is 0 Å². The van der Waals surface area contributed by atoms with Gasteiger partial charge in [0, 0.05) is 12.8 Å². The van der Waals surface area contributed by atoms with Crippen molar-refractivity contribution < 1.29 is 4.79 Å². The first-order valence-corrected chi connectivity index (χ1v) is 17.3. The fourth-order valence-corrected chi connectivity index (χ4v) is 5.51. The monoisotopic (exact) mass is 507 g/mol. The summed E-state index contributed by atoms with van der Waals surface area (Å²) in [7, 11) is 0. The first-order chi connectivity index (χ1) is 17.8. The van der Waals surface area contributed by atoms with Gasteiger partial charge in [0.15, 0.2) is 0 Å². The number of unbranched alkanes of at least 4 members (excludes halogenated alkanes) is 28. The highest BCUT2D eigenvalue weighted by Crippen LogP contribution is 2.16. The molecule has 0 saturated heterocycles. The van der Waals surface area contributed by atoms with Crippen LogP contribution in [0.5, 0.6) is 0 Å². The molecule has 0 atom stereocenters. The second-order valence-corrected chi connectivity index (χ2v) is 11.9. The maximum Gasteiger partial charge on any atom is 0.132 e. The Morgan fingerprint density at radius 2 is 0.444 bits per heavy atom. The highest BCUT2D eigenvalue weighted by Gasteiger charge is 2.02. The molecule has 1 nitrogen and oxygen atoms in total. The third kappa shape index (κ3) is 31.7. The van der Waals surface area contributed by atoms with Crippen LogP contribution in [0.1, 0.15) is 219 Å². The van der Waals surface area contributed by atoms with Gasteiger partial charge in [-0.1, -0.05) is 194 Å². The van der Waals surface area contributed by atoms with Gasteiger partial charge in [-0.3, -0.25) is 4.79 Å². The molecule has 0 fully saturated rings. The van der Waals surface area contributed by atoms with Gasteiger partial charge in [0.25, 0.3) is 0 Å². The zero-order chi connectivity index (χ0) is 26.2. The van der Waals surface area contributed by atoms with Gasteiger partial charge in [-0.2, -0.15) is 0 Å². The molecule has 0 aliphatic heterocycles. The van der Waals surface area contributed by atoms with E-state index in [-0.39, 0.29) is 0 Å². The summed E-state index contributed by atoms with van der Waals surface area (Å²) in [5, 5.41) is 0. The lowest BCUT2D eigenvalue weighted by atomic mass is 10.0. The van der Waals surface area contributed by atoms with Crippen LogP contribution in [0.15, 0.2) is 0 Å². The molecule has 0 aromatic rings. The van der Waals surface area contributed by atoms with Crippen LogP contribution < -0.4 is 0 Å². The van der Waals surface area contributed by atoms with Crippen molar-refractivity contribution in [2.24, 2.45) is 0 Å². The molecule has 0 spiro atoms. The Labute approximate surface area is 229 Å². The van der Waals surface area contributed by atoms with E-state index in [1.165, 1.54) is 180 Å². The predicted molar refractivity (Wildman–Crippen MR) is 164 cm³/mol. The molecule has 0 unspecified atom stereocenters. The van der Waals surface area contributed by atoms with E-state index in [9.17, 15) is 4.79 Å². The lowest BCUT2D eigenvalue weighted by Gasteiger charge is -2.04. The van der Waals surface area contributed by atoms with Gasteiger partial charge >= 0.3 is 0 Å². The molecule has 0 rings (SSSR count). The predicted octanol–water partition coefficient (Wildman–Crippen LogP) is 13.1. The van der Waals surface area contributed by atoms with Crippen molar-refractivity contribution in [2.75, 3.05) is 0 Å². The number of rotatable bonds is 32. The minimum Gasteiger partial charge on any atom is -0.300 e. The SMILES string of the molecule is CCCCCCCCCCCCCCCCCCC(=O)CCCCCCCCCCCCCCCC. The molecule has 0 aliphatic rings. The molecular formula is C35H70O. The summed E-state index contributed by atoms with van der Waals surface area (Å²) < 4.78 is 0. The van der Waals surface area contributed by atoms with Gasteiger partial charge in [-0.05, 0) is 12.8 Å². The molecule has 0 aromatic heterocycles. The van der Waals surface area contributed by atoms with E-state index in [1.54, 1.807) is 0 Å². The van der Waals surface area contributed by atoms with Crippen molar-refractivity contribution in [3.05, 3.63) is 0 Å². The number of hydrogen-bond acceptors (Lipinski definition) is 1. The lowest BCUT2D eigenvalue weighted by molar-refractivity contribution is -0.119. The molecule has 0 N–H and O–H groups in total.